The predicted molar refractivity (Wildman–Crippen MR) is 75.4 cm³/mol. The number of aliphatic hydroxyl groups is 1. The van der Waals surface area contributed by atoms with Crippen molar-refractivity contribution in [3.05, 3.63) is 33.9 Å². The molecule has 0 atom stereocenters. The molecule has 1 aromatic rings. The number of benzene rings is 1. The smallest absolute Gasteiger partial charge is 0.311 e. The summed E-state index contributed by atoms with van der Waals surface area (Å²) in [5.74, 6) is -0.446. The molecule has 1 amide bonds. The number of ether oxygens (including phenoxy) is 1. The van der Waals surface area contributed by atoms with E-state index < -0.39 is 10.8 Å². The average molecular weight is 294 g/mol. The fourth-order valence-electron chi connectivity index (χ4n) is 2.07. The van der Waals surface area contributed by atoms with Gasteiger partial charge in [-0.25, -0.2) is 0 Å². The quantitative estimate of drug-likeness (QED) is 0.586. The monoisotopic (exact) mass is 294 g/mol. The molecule has 1 saturated carbocycles. The van der Waals surface area contributed by atoms with Crippen LogP contribution in [0.15, 0.2) is 18.2 Å². The molecule has 0 saturated heterocycles. The second-order valence-corrected chi connectivity index (χ2v) is 5.18. The van der Waals surface area contributed by atoms with Crippen LogP contribution >= 0.6 is 0 Å². The molecule has 0 heterocycles. The molecule has 2 rings (SSSR count). The largest absolute Gasteiger partial charge is 0.487 e. The summed E-state index contributed by atoms with van der Waals surface area (Å²) in [5, 5.41) is 23.0. The Morgan fingerprint density at radius 3 is 2.76 bits per heavy atom. The highest BCUT2D eigenvalue weighted by molar-refractivity contribution is 5.98. The topological polar surface area (TPSA) is 102 Å². The minimum atomic E-state index is -0.572. The highest BCUT2D eigenvalue weighted by atomic mass is 16.6. The van der Waals surface area contributed by atoms with Crippen LogP contribution in [0.5, 0.6) is 5.75 Å². The summed E-state index contributed by atoms with van der Waals surface area (Å²) < 4.78 is 5.27. The highest BCUT2D eigenvalue weighted by Gasteiger charge is 2.42. The van der Waals surface area contributed by atoms with Crippen LogP contribution in [-0.4, -0.2) is 35.7 Å². The van der Waals surface area contributed by atoms with E-state index in [2.05, 4.69) is 5.32 Å². The van der Waals surface area contributed by atoms with Gasteiger partial charge < -0.3 is 15.2 Å². The van der Waals surface area contributed by atoms with E-state index in [1.807, 2.05) is 0 Å². The van der Waals surface area contributed by atoms with Gasteiger partial charge in [0.05, 0.1) is 23.7 Å². The zero-order chi connectivity index (χ0) is 15.5. The van der Waals surface area contributed by atoms with Crippen LogP contribution in [0.25, 0.3) is 0 Å². The summed E-state index contributed by atoms with van der Waals surface area (Å²) in [5.41, 5.74) is -0.310. The first-order chi connectivity index (χ1) is 10.0. The summed E-state index contributed by atoms with van der Waals surface area (Å²) in [6.07, 6.45) is 1.74. The van der Waals surface area contributed by atoms with Crippen LogP contribution in [0.3, 0.4) is 0 Å². The van der Waals surface area contributed by atoms with Crippen LogP contribution in [0.1, 0.15) is 30.1 Å². The molecule has 2 N–H and O–H groups in total. The summed E-state index contributed by atoms with van der Waals surface area (Å²) in [6, 6.07) is 4.25. The molecule has 1 aliphatic carbocycles. The van der Waals surface area contributed by atoms with Gasteiger partial charge in [-0.3, -0.25) is 14.9 Å². The number of nitrogens with zero attached hydrogens (tertiary/aromatic N) is 1. The summed E-state index contributed by atoms with van der Waals surface area (Å²) in [6.45, 7) is 2.31. The van der Waals surface area contributed by atoms with E-state index in [0.29, 0.717) is 6.54 Å². The van der Waals surface area contributed by atoms with Crippen LogP contribution in [0.4, 0.5) is 5.69 Å². The number of nitro benzene ring substituents is 1. The second kappa shape index (κ2) is 6.09. The summed E-state index contributed by atoms with van der Waals surface area (Å²) in [7, 11) is 0. The number of hydrogen-bond donors (Lipinski definition) is 2. The van der Waals surface area contributed by atoms with Gasteiger partial charge in [-0.15, -0.1) is 0 Å². The van der Waals surface area contributed by atoms with E-state index in [1.165, 1.54) is 18.2 Å². The molecule has 0 aliphatic heterocycles. The molecule has 0 bridgehead atoms. The van der Waals surface area contributed by atoms with Gasteiger partial charge in [0.1, 0.15) is 0 Å². The standard InChI is InChI=1S/C14H18N2O5/c1-2-21-12-10(4-3-5-11(12)16(19)20)13(18)15-8-14(9-17)6-7-14/h3-5,17H,2,6-9H2,1H3,(H,15,18). The Balaban J connectivity index is 2.19. The van der Waals surface area contributed by atoms with E-state index in [0.717, 1.165) is 12.8 Å². The first-order valence-corrected chi connectivity index (χ1v) is 6.82. The lowest BCUT2D eigenvalue weighted by molar-refractivity contribution is -0.385. The normalized spacial score (nSPS) is 15.3. The Bertz CT molecular complexity index is 554. The maximum atomic E-state index is 12.2. The number of aliphatic hydroxyl groups excluding tert-OH is 1. The number of carbonyl (C=O) groups excluding carboxylic acids is 1. The van der Waals surface area contributed by atoms with Crippen LogP contribution in [-0.2, 0) is 0 Å². The van der Waals surface area contributed by atoms with Gasteiger partial charge in [0, 0.05) is 18.0 Å². The number of rotatable bonds is 7. The molecule has 7 heteroatoms. The van der Waals surface area contributed by atoms with Crippen LogP contribution < -0.4 is 10.1 Å². The maximum absolute atomic E-state index is 12.2. The van der Waals surface area contributed by atoms with Crippen LogP contribution in [0, 0.1) is 15.5 Å². The van der Waals surface area contributed by atoms with Crippen molar-refractivity contribution in [2.45, 2.75) is 19.8 Å². The van der Waals surface area contributed by atoms with Gasteiger partial charge in [-0.1, -0.05) is 6.07 Å². The molecule has 1 fully saturated rings. The fraction of sp³-hybridized carbons (Fsp3) is 0.500. The molecule has 21 heavy (non-hydrogen) atoms. The van der Waals surface area contributed by atoms with E-state index in [-0.39, 0.29) is 35.6 Å². The van der Waals surface area contributed by atoms with Gasteiger partial charge in [0.2, 0.25) is 5.75 Å². The second-order valence-electron chi connectivity index (χ2n) is 5.18. The molecule has 114 valence electrons. The lowest BCUT2D eigenvalue weighted by Gasteiger charge is -2.14. The summed E-state index contributed by atoms with van der Waals surface area (Å²) >= 11 is 0. The minimum absolute atomic E-state index is 0.0173. The number of carbonyl (C=O) groups is 1. The zero-order valence-electron chi connectivity index (χ0n) is 11.8. The molecule has 0 radical (unpaired) electrons. The van der Waals surface area contributed by atoms with Crippen molar-refractivity contribution in [3.8, 4) is 5.75 Å². The van der Waals surface area contributed by atoms with Gasteiger partial charge >= 0.3 is 5.69 Å². The number of nitro groups is 1. The zero-order valence-corrected chi connectivity index (χ0v) is 11.8. The fourth-order valence-corrected chi connectivity index (χ4v) is 2.07. The van der Waals surface area contributed by atoms with Crippen molar-refractivity contribution in [3.63, 3.8) is 0 Å². The number of amides is 1. The lowest BCUT2D eigenvalue weighted by Crippen LogP contribution is -2.32. The van der Waals surface area contributed by atoms with Crippen LogP contribution in [0.2, 0.25) is 0 Å². The maximum Gasteiger partial charge on any atom is 0.311 e. The number of hydrogen-bond acceptors (Lipinski definition) is 5. The molecule has 1 aromatic carbocycles. The van der Waals surface area contributed by atoms with Gasteiger partial charge in [-0.2, -0.15) is 0 Å². The molecule has 7 nitrogen and oxygen atoms in total. The molecular weight excluding hydrogens is 276 g/mol. The van der Waals surface area contributed by atoms with E-state index in [9.17, 15) is 20.0 Å². The van der Waals surface area contributed by atoms with E-state index in [4.69, 9.17) is 4.74 Å². The van der Waals surface area contributed by atoms with Gasteiger partial charge in [0.25, 0.3) is 5.91 Å². The third-order valence-corrected chi connectivity index (χ3v) is 3.64. The SMILES string of the molecule is CCOc1c(C(=O)NCC2(CO)CC2)cccc1[N+](=O)[O-]. The van der Waals surface area contributed by atoms with Crippen molar-refractivity contribution in [1.29, 1.82) is 0 Å². The molecule has 0 aromatic heterocycles. The first-order valence-electron chi connectivity index (χ1n) is 6.82. The highest BCUT2D eigenvalue weighted by Crippen LogP contribution is 2.44. The van der Waals surface area contributed by atoms with E-state index >= 15 is 0 Å². The number of nitrogens with one attached hydrogen (secondary N) is 1. The molecule has 1 aliphatic rings. The Morgan fingerprint density at radius 1 is 1.52 bits per heavy atom. The Hall–Kier alpha value is -2.15. The Kier molecular flexibility index (Phi) is 4.42. The van der Waals surface area contributed by atoms with Crippen molar-refractivity contribution in [2.24, 2.45) is 5.41 Å². The number of para-hydroxylation sites is 1. The third kappa shape index (κ3) is 3.30. The Morgan fingerprint density at radius 2 is 2.24 bits per heavy atom. The molecule has 0 spiro atoms. The average Bonchev–Trinajstić information content (AvgIpc) is 3.25. The third-order valence-electron chi connectivity index (χ3n) is 3.64. The summed E-state index contributed by atoms with van der Waals surface area (Å²) in [4.78, 5) is 22.6. The minimum Gasteiger partial charge on any atom is -0.487 e. The molecule has 0 unspecified atom stereocenters. The lowest BCUT2D eigenvalue weighted by atomic mass is 10.1. The predicted octanol–water partition coefficient (Wildman–Crippen LogP) is 1.50. The Labute approximate surface area is 122 Å². The van der Waals surface area contributed by atoms with Crippen molar-refractivity contribution in [2.75, 3.05) is 19.8 Å². The van der Waals surface area contributed by atoms with Crippen molar-refractivity contribution >= 4 is 11.6 Å². The van der Waals surface area contributed by atoms with E-state index in [1.54, 1.807) is 6.92 Å². The van der Waals surface area contributed by atoms with Gasteiger partial charge in [0.15, 0.2) is 0 Å². The van der Waals surface area contributed by atoms with Crippen molar-refractivity contribution in [1.82, 2.24) is 5.32 Å². The first kappa shape index (κ1) is 15.2. The van der Waals surface area contributed by atoms with Crippen molar-refractivity contribution < 1.29 is 19.6 Å². The van der Waals surface area contributed by atoms with Gasteiger partial charge in [-0.05, 0) is 25.8 Å². The molecular formula is C14H18N2O5.